The van der Waals surface area contributed by atoms with E-state index in [4.69, 9.17) is 4.74 Å². The van der Waals surface area contributed by atoms with Crippen LogP contribution in [0.3, 0.4) is 0 Å². The Balaban J connectivity index is 1.38. The smallest absolute Gasteiger partial charge is 0.238 e. The van der Waals surface area contributed by atoms with E-state index in [1.165, 1.54) is 28.8 Å². The van der Waals surface area contributed by atoms with Gasteiger partial charge < -0.3 is 10.1 Å². The standard InChI is InChI=1S/C21H26N2O2S/c24-21(22-18-9-8-16-4-1-5-17(16)12-18)15-23(13-19-6-2-10-25-19)14-20-7-3-11-26-20/h3,7-9,11-12,19H,1-2,4-6,10,13-15H2,(H,22,24)/t19-/m1/s1. The van der Waals surface area contributed by atoms with Gasteiger partial charge in [-0.2, -0.15) is 0 Å². The number of aryl methyl sites for hydroxylation is 2. The Labute approximate surface area is 159 Å². The van der Waals surface area contributed by atoms with Gasteiger partial charge in [-0.1, -0.05) is 12.1 Å². The van der Waals surface area contributed by atoms with Crippen molar-refractivity contribution in [2.45, 2.75) is 44.8 Å². The summed E-state index contributed by atoms with van der Waals surface area (Å²) in [4.78, 5) is 16.1. The fourth-order valence-electron chi connectivity index (χ4n) is 3.94. The molecule has 0 bridgehead atoms. The summed E-state index contributed by atoms with van der Waals surface area (Å²) in [5, 5.41) is 5.18. The predicted molar refractivity (Wildman–Crippen MR) is 106 cm³/mol. The summed E-state index contributed by atoms with van der Waals surface area (Å²) in [5.41, 5.74) is 3.74. The molecule has 2 heterocycles. The summed E-state index contributed by atoms with van der Waals surface area (Å²) in [6, 6.07) is 10.5. The Morgan fingerprint density at radius 2 is 2.15 bits per heavy atom. The number of fused-ring (bicyclic) bond motifs is 1. The fourth-order valence-corrected chi connectivity index (χ4v) is 4.68. The number of hydrogen-bond donors (Lipinski definition) is 1. The third-order valence-corrected chi connectivity index (χ3v) is 6.06. The zero-order valence-electron chi connectivity index (χ0n) is 15.1. The van der Waals surface area contributed by atoms with Crippen molar-refractivity contribution >= 4 is 22.9 Å². The highest BCUT2D eigenvalue weighted by Gasteiger charge is 2.21. The van der Waals surface area contributed by atoms with Crippen molar-refractivity contribution in [3.8, 4) is 0 Å². The molecule has 0 spiro atoms. The molecule has 0 saturated carbocycles. The summed E-state index contributed by atoms with van der Waals surface area (Å²) < 4.78 is 5.78. The number of anilines is 1. The van der Waals surface area contributed by atoms with Crippen molar-refractivity contribution in [1.29, 1.82) is 0 Å². The van der Waals surface area contributed by atoms with Crippen LogP contribution in [-0.4, -0.2) is 36.6 Å². The number of thiophene rings is 1. The minimum Gasteiger partial charge on any atom is -0.377 e. The van der Waals surface area contributed by atoms with E-state index in [1.807, 2.05) is 6.07 Å². The second-order valence-electron chi connectivity index (χ2n) is 7.27. The van der Waals surface area contributed by atoms with E-state index >= 15 is 0 Å². The molecule has 138 valence electrons. The van der Waals surface area contributed by atoms with Gasteiger partial charge in [0.25, 0.3) is 0 Å². The predicted octanol–water partition coefficient (Wildman–Crippen LogP) is 3.86. The molecular formula is C21H26N2O2S. The normalized spacial score (nSPS) is 19.0. The number of rotatable bonds is 7. The van der Waals surface area contributed by atoms with Crippen LogP contribution in [0.4, 0.5) is 5.69 Å². The summed E-state index contributed by atoms with van der Waals surface area (Å²) in [6.07, 6.45) is 5.99. The van der Waals surface area contributed by atoms with Gasteiger partial charge in [0, 0.05) is 30.3 Å². The average Bonchev–Trinajstić information content (AvgIpc) is 3.36. The van der Waals surface area contributed by atoms with E-state index in [0.29, 0.717) is 6.54 Å². The van der Waals surface area contributed by atoms with Crippen molar-refractivity contribution < 1.29 is 9.53 Å². The number of ether oxygens (including phenoxy) is 1. The monoisotopic (exact) mass is 370 g/mol. The van der Waals surface area contributed by atoms with E-state index in [1.54, 1.807) is 11.3 Å². The lowest BCUT2D eigenvalue weighted by Gasteiger charge is -2.24. The van der Waals surface area contributed by atoms with E-state index in [2.05, 4.69) is 39.9 Å². The van der Waals surface area contributed by atoms with Gasteiger partial charge in [0.15, 0.2) is 0 Å². The third-order valence-electron chi connectivity index (χ3n) is 5.19. The lowest BCUT2D eigenvalue weighted by molar-refractivity contribution is -0.117. The van der Waals surface area contributed by atoms with Crippen LogP contribution in [0.5, 0.6) is 0 Å². The van der Waals surface area contributed by atoms with E-state index in [-0.39, 0.29) is 12.0 Å². The van der Waals surface area contributed by atoms with Crippen molar-refractivity contribution in [2.24, 2.45) is 0 Å². The van der Waals surface area contributed by atoms with Gasteiger partial charge >= 0.3 is 0 Å². The first-order chi connectivity index (χ1) is 12.8. The Hall–Kier alpha value is -1.69. The van der Waals surface area contributed by atoms with Crippen LogP contribution >= 0.6 is 11.3 Å². The summed E-state index contributed by atoms with van der Waals surface area (Å²) in [7, 11) is 0. The van der Waals surface area contributed by atoms with Gasteiger partial charge in [-0.15, -0.1) is 11.3 Å². The summed E-state index contributed by atoms with van der Waals surface area (Å²) in [5.74, 6) is 0.0532. The molecule has 1 aromatic heterocycles. The Morgan fingerprint density at radius 3 is 2.96 bits per heavy atom. The first-order valence-corrected chi connectivity index (χ1v) is 10.4. The molecule has 1 aromatic carbocycles. The van der Waals surface area contributed by atoms with E-state index in [9.17, 15) is 4.79 Å². The van der Waals surface area contributed by atoms with Gasteiger partial charge in [-0.3, -0.25) is 9.69 Å². The Morgan fingerprint density at radius 1 is 1.23 bits per heavy atom. The van der Waals surface area contributed by atoms with Gasteiger partial charge in [0.1, 0.15) is 0 Å². The first kappa shape index (κ1) is 17.7. The molecule has 0 unspecified atom stereocenters. The molecule has 1 saturated heterocycles. The highest BCUT2D eigenvalue weighted by molar-refractivity contribution is 7.09. The van der Waals surface area contributed by atoms with Crippen molar-refractivity contribution in [1.82, 2.24) is 4.90 Å². The van der Waals surface area contributed by atoms with E-state index in [0.717, 1.165) is 44.6 Å². The molecule has 0 radical (unpaired) electrons. The molecule has 1 N–H and O–H groups in total. The highest BCUT2D eigenvalue weighted by atomic mass is 32.1. The molecule has 1 aliphatic carbocycles. The number of hydrogen-bond acceptors (Lipinski definition) is 4. The van der Waals surface area contributed by atoms with Crippen LogP contribution in [0.25, 0.3) is 0 Å². The van der Waals surface area contributed by atoms with Crippen LogP contribution in [0, 0.1) is 0 Å². The van der Waals surface area contributed by atoms with Crippen molar-refractivity contribution in [3.63, 3.8) is 0 Å². The SMILES string of the molecule is O=C(CN(Cc1cccs1)C[C@H]1CCCO1)Nc1ccc2c(c1)CCC2. The Kier molecular flexibility index (Phi) is 5.68. The molecule has 4 nitrogen and oxygen atoms in total. The maximum Gasteiger partial charge on any atom is 0.238 e. The number of nitrogens with one attached hydrogen (secondary N) is 1. The summed E-state index contributed by atoms with van der Waals surface area (Å²) >= 11 is 1.74. The molecule has 1 fully saturated rings. The zero-order chi connectivity index (χ0) is 17.8. The highest BCUT2D eigenvalue weighted by Crippen LogP contribution is 2.25. The molecule has 1 aliphatic heterocycles. The largest absolute Gasteiger partial charge is 0.377 e. The van der Waals surface area contributed by atoms with Crippen molar-refractivity contribution in [2.75, 3.05) is 25.0 Å². The van der Waals surface area contributed by atoms with Gasteiger partial charge in [-0.25, -0.2) is 0 Å². The van der Waals surface area contributed by atoms with Crippen LogP contribution in [-0.2, 0) is 28.9 Å². The van der Waals surface area contributed by atoms with Crippen LogP contribution < -0.4 is 5.32 Å². The maximum absolute atomic E-state index is 12.6. The second-order valence-corrected chi connectivity index (χ2v) is 8.30. The molecule has 2 aliphatic rings. The lowest BCUT2D eigenvalue weighted by Crippen LogP contribution is -2.37. The molecule has 1 amide bonds. The van der Waals surface area contributed by atoms with E-state index < -0.39 is 0 Å². The van der Waals surface area contributed by atoms with Crippen LogP contribution in [0.1, 0.15) is 35.3 Å². The molecular weight excluding hydrogens is 344 g/mol. The Bertz CT molecular complexity index is 738. The zero-order valence-corrected chi connectivity index (χ0v) is 15.9. The maximum atomic E-state index is 12.6. The number of amides is 1. The third kappa shape index (κ3) is 4.53. The lowest BCUT2D eigenvalue weighted by atomic mass is 10.1. The number of carbonyl (C=O) groups excluding carboxylic acids is 1. The van der Waals surface area contributed by atoms with Crippen molar-refractivity contribution in [3.05, 3.63) is 51.7 Å². The molecule has 4 rings (SSSR count). The molecule has 5 heteroatoms. The second kappa shape index (κ2) is 8.33. The summed E-state index contributed by atoms with van der Waals surface area (Å²) in [6.45, 7) is 2.86. The molecule has 2 aromatic rings. The topological polar surface area (TPSA) is 41.6 Å². The van der Waals surface area contributed by atoms with Gasteiger partial charge in [0.05, 0.1) is 12.6 Å². The minimum atomic E-state index is 0.0532. The quantitative estimate of drug-likeness (QED) is 0.805. The first-order valence-electron chi connectivity index (χ1n) is 9.54. The van der Waals surface area contributed by atoms with Crippen LogP contribution in [0.15, 0.2) is 35.7 Å². The number of carbonyl (C=O) groups is 1. The van der Waals surface area contributed by atoms with Gasteiger partial charge in [0.2, 0.25) is 5.91 Å². The average molecular weight is 371 g/mol. The van der Waals surface area contributed by atoms with Crippen LogP contribution in [0.2, 0.25) is 0 Å². The van der Waals surface area contributed by atoms with Gasteiger partial charge in [-0.05, 0) is 66.8 Å². The molecule has 1 atom stereocenters. The molecule has 26 heavy (non-hydrogen) atoms. The number of benzene rings is 1. The fraction of sp³-hybridized carbons (Fsp3) is 0.476. The number of nitrogens with zero attached hydrogens (tertiary/aromatic N) is 1. The minimum absolute atomic E-state index is 0.0532.